The molecule has 5 N–H and O–H groups in total. The minimum atomic E-state index is -1.41. The molecule has 3 rings (SSSR count). The second kappa shape index (κ2) is 18.8. The van der Waals surface area contributed by atoms with Crippen molar-refractivity contribution >= 4 is 18.4 Å². The molecule has 2 unspecified atom stereocenters. The van der Waals surface area contributed by atoms with Gasteiger partial charge >= 0.3 is 11.9 Å². The molecule has 12 heteroatoms. The quantitative estimate of drug-likeness (QED) is 0.0801. The van der Waals surface area contributed by atoms with Gasteiger partial charge in [0, 0.05) is 25.9 Å². The molecule has 2 fully saturated rings. The number of carboxylic acid groups (broad SMARTS) is 1. The number of aliphatic hydroxyl groups is 2. The zero-order valence-electron chi connectivity index (χ0n) is 29.3. The summed E-state index contributed by atoms with van der Waals surface area (Å²) in [5.41, 5.74) is -0.983. The van der Waals surface area contributed by atoms with Crippen LogP contribution in [-0.4, -0.2) is 108 Å². The van der Waals surface area contributed by atoms with Crippen LogP contribution in [0.25, 0.3) is 0 Å². The Morgan fingerprint density at radius 2 is 1.91 bits per heavy atom. The smallest absolute Gasteiger partial charge is 0.309 e. The number of cyclic esters (lactones) is 1. The van der Waals surface area contributed by atoms with Crippen molar-refractivity contribution in [2.24, 2.45) is 11.8 Å². The first-order valence-electron chi connectivity index (χ1n) is 16.7. The molecule has 11 atom stereocenters. The van der Waals surface area contributed by atoms with E-state index in [1.54, 1.807) is 20.1 Å². The Bertz CT molecular complexity index is 1100. The highest BCUT2D eigenvalue weighted by molar-refractivity contribution is 5.70. The van der Waals surface area contributed by atoms with E-state index in [0.29, 0.717) is 0 Å². The summed E-state index contributed by atoms with van der Waals surface area (Å²) in [7, 11) is 1.76. The van der Waals surface area contributed by atoms with Gasteiger partial charge in [-0.3, -0.25) is 14.4 Å². The molecule has 12 nitrogen and oxygen atoms in total. The van der Waals surface area contributed by atoms with Crippen LogP contribution in [0.4, 0.5) is 0 Å². The van der Waals surface area contributed by atoms with E-state index in [0.717, 1.165) is 31.5 Å². The summed E-state index contributed by atoms with van der Waals surface area (Å²) < 4.78 is 23.3. The molecule has 2 saturated heterocycles. The minimum absolute atomic E-state index is 0.0604. The van der Waals surface area contributed by atoms with Crippen molar-refractivity contribution in [3.8, 4) is 0 Å². The van der Waals surface area contributed by atoms with Crippen molar-refractivity contribution < 1.29 is 48.7 Å². The second-order valence-electron chi connectivity index (χ2n) is 13.4. The number of ether oxygens (including phenoxy) is 4. The van der Waals surface area contributed by atoms with Crippen LogP contribution in [0.5, 0.6) is 0 Å². The third-order valence-electron chi connectivity index (χ3n) is 9.44. The van der Waals surface area contributed by atoms with Crippen LogP contribution >= 0.6 is 0 Å². The number of rotatable bonds is 9. The molecule has 3 aliphatic rings. The lowest BCUT2D eigenvalue weighted by atomic mass is 9.85. The first-order valence-corrected chi connectivity index (χ1v) is 16.7. The van der Waals surface area contributed by atoms with E-state index < -0.39 is 35.9 Å². The topological polar surface area (TPSA) is 176 Å². The SMILES string of the molecule is CC[C@H](OC)[C@@H](C)[C@H]1O[C@@H]1C1NCCCNC1(C)/C=C/C=C(\C)[C@@H]1OC(=O)C[C@H](O)CC[C@@](C)(O)[C@@H](OC(C)=O)/C=C/[C@@H]1C.O=CO. The molecular weight excluding hydrogens is 608 g/mol. The van der Waals surface area contributed by atoms with Gasteiger partial charge in [0.1, 0.15) is 23.9 Å². The number of carbonyl (C=O) groups excluding carboxylic acids is 2. The van der Waals surface area contributed by atoms with Gasteiger partial charge in [0.25, 0.3) is 6.47 Å². The van der Waals surface area contributed by atoms with Gasteiger partial charge in [-0.15, -0.1) is 0 Å². The molecule has 3 heterocycles. The van der Waals surface area contributed by atoms with Gasteiger partial charge in [0.2, 0.25) is 0 Å². The van der Waals surface area contributed by atoms with Crippen molar-refractivity contribution in [3.63, 3.8) is 0 Å². The Morgan fingerprint density at radius 3 is 2.53 bits per heavy atom. The number of methoxy groups -OCH3 is 1. The average Bonchev–Trinajstić information content (AvgIpc) is 3.81. The first-order chi connectivity index (χ1) is 22.1. The van der Waals surface area contributed by atoms with Gasteiger partial charge in [-0.1, -0.05) is 45.1 Å². The average molecular weight is 667 g/mol. The lowest BCUT2D eigenvalue weighted by Crippen LogP contribution is -2.58. The molecule has 0 aromatic carbocycles. The standard InChI is InChI=1S/C34H56N2O8.CH2O2/c1-9-26(41-8)23(4)30-31(44-30)32-33(6,36-19-11-18-35-32)16-10-12-21(2)29-22(3)13-14-27(42-24(5)37)34(7,40)17-15-25(38)20-28(39)43-29;2-1-3/h10,12-14,16,22-23,25-27,29-32,35-36,38,40H,9,11,15,17-20H2,1-8H3;1H,(H,2,3)/b14-13+,16-10+,21-12+;/t22-,23+,25+,26-,27-,29-,30+,31-,32?,33?,34+;/m0./s1. The predicted octanol–water partition coefficient (Wildman–Crippen LogP) is 3.06. The second-order valence-corrected chi connectivity index (χ2v) is 13.4. The Labute approximate surface area is 279 Å². The zero-order chi connectivity index (χ0) is 35.4. The zero-order valence-corrected chi connectivity index (χ0v) is 29.3. The Kier molecular flexibility index (Phi) is 16.2. The van der Waals surface area contributed by atoms with Crippen molar-refractivity contribution in [2.45, 2.75) is 134 Å². The van der Waals surface area contributed by atoms with E-state index in [1.165, 1.54) is 6.92 Å². The number of aliphatic hydroxyl groups excluding tert-OH is 1. The number of epoxide rings is 1. The predicted molar refractivity (Wildman–Crippen MR) is 178 cm³/mol. The maximum atomic E-state index is 12.8. The maximum Gasteiger partial charge on any atom is 0.309 e. The molecular formula is C35H58N2O10. The normalized spacial score (nSPS) is 37.4. The summed E-state index contributed by atoms with van der Waals surface area (Å²) in [5.74, 6) is -1.04. The Hall–Kier alpha value is -2.61. The van der Waals surface area contributed by atoms with E-state index in [1.807, 2.05) is 32.1 Å². The van der Waals surface area contributed by atoms with Crippen LogP contribution in [0, 0.1) is 11.8 Å². The van der Waals surface area contributed by atoms with Crippen molar-refractivity contribution in [1.29, 1.82) is 0 Å². The van der Waals surface area contributed by atoms with Gasteiger partial charge in [0.05, 0.1) is 36.3 Å². The van der Waals surface area contributed by atoms with Crippen molar-refractivity contribution in [1.82, 2.24) is 10.6 Å². The van der Waals surface area contributed by atoms with E-state index >= 15 is 0 Å². The summed E-state index contributed by atoms with van der Waals surface area (Å²) >= 11 is 0. The van der Waals surface area contributed by atoms with Crippen molar-refractivity contribution in [3.05, 3.63) is 36.0 Å². The number of carbonyl (C=O) groups is 3. The number of allylic oxidation sites excluding steroid dienone is 2. The maximum absolute atomic E-state index is 12.8. The third kappa shape index (κ3) is 12.1. The third-order valence-corrected chi connectivity index (χ3v) is 9.44. The lowest BCUT2D eigenvalue weighted by Gasteiger charge is -2.34. The summed E-state index contributed by atoms with van der Waals surface area (Å²) in [5, 5.41) is 35.9. The molecule has 47 heavy (non-hydrogen) atoms. The van der Waals surface area contributed by atoms with Gasteiger partial charge in [0.15, 0.2) is 0 Å². The minimum Gasteiger partial charge on any atom is -0.483 e. The number of esters is 2. The monoisotopic (exact) mass is 666 g/mol. The van der Waals surface area contributed by atoms with Crippen LogP contribution in [0.3, 0.4) is 0 Å². The number of hydrogen-bond donors (Lipinski definition) is 5. The first kappa shape index (κ1) is 40.6. The van der Waals surface area contributed by atoms with Crippen LogP contribution in [-0.2, 0) is 33.3 Å². The summed E-state index contributed by atoms with van der Waals surface area (Å²) in [4.78, 5) is 33.0. The summed E-state index contributed by atoms with van der Waals surface area (Å²) in [6.45, 7) is 14.7. The van der Waals surface area contributed by atoms with Gasteiger partial charge in [-0.2, -0.15) is 0 Å². The highest BCUT2D eigenvalue weighted by atomic mass is 16.6. The fourth-order valence-corrected chi connectivity index (χ4v) is 6.56. The lowest BCUT2D eigenvalue weighted by molar-refractivity contribution is -0.157. The molecule has 3 aliphatic heterocycles. The van der Waals surface area contributed by atoms with E-state index in [-0.39, 0.29) is 67.5 Å². The van der Waals surface area contributed by atoms with Crippen LogP contribution in [0.2, 0.25) is 0 Å². The molecule has 0 bridgehead atoms. The fraction of sp³-hybridized carbons (Fsp3) is 0.743. The van der Waals surface area contributed by atoms with Crippen LogP contribution in [0.1, 0.15) is 80.6 Å². The largest absolute Gasteiger partial charge is 0.483 e. The molecule has 0 radical (unpaired) electrons. The summed E-state index contributed by atoms with van der Waals surface area (Å²) in [6, 6.07) is 0.0604. The van der Waals surface area contributed by atoms with Crippen LogP contribution in [0.15, 0.2) is 36.0 Å². The van der Waals surface area contributed by atoms with Gasteiger partial charge in [-0.05, 0) is 71.2 Å². The van der Waals surface area contributed by atoms with Crippen LogP contribution < -0.4 is 10.6 Å². The van der Waals surface area contributed by atoms with Crippen molar-refractivity contribution in [2.75, 3.05) is 20.2 Å². The Balaban J connectivity index is 0.00000246. The molecule has 0 spiro atoms. The molecule has 0 aromatic heterocycles. The number of hydrogen-bond acceptors (Lipinski definition) is 11. The highest BCUT2D eigenvalue weighted by Gasteiger charge is 2.54. The number of nitrogens with one attached hydrogen (secondary N) is 2. The molecule has 0 aromatic rings. The fourth-order valence-electron chi connectivity index (χ4n) is 6.56. The van der Waals surface area contributed by atoms with Gasteiger partial charge in [-0.25, -0.2) is 0 Å². The Morgan fingerprint density at radius 1 is 1.23 bits per heavy atom. The van der Waals surface area contributed by atoms with E-state index in [4.69, 9.17) is 28.8 Å². The highest BCUT2D eigenvalue weighted by Crippen LogP contribution is 2.39. The van der Waals surface area contributed by atoms with E-state index in [2.05, 4.69) is 37.5 Å². The molecule has 0 aliphatic carbocycles. The molecule has 0 amide bonds. The molecule has 268 valence electrons. The van der Waals surface area contributed by atoms with E-state index in [9.17, 15) is 19.8 Å². The van der Waals surface area contributed by atoms with Gasteiger partial charge < -0.3 is 44.9 Å². The summed E-state index contributed by atoms with van der Waals surface area (Å²) in [6.07, 6.45) is 9.40. The molecule has 0 saturated carbocycles.